The van der Waals surface area contributed by atoms with Crippen LogP contribution in [-0.4, -0.2) is 48.1 Å². The number of fused-ring (bicyclic) bond motifs is 3. The maximum absolute atomic E-state index is 12.4. The van der Waals surface area contributed by atoms with E-state index in [-0.39, 0.29) is 6.09 Å². The van der Waals surface area contributed by atoms with E-state index < -0.39 is 5.63 Å². The minimum absolute atomic E-state index is 0.340. The molecule has 1 aromatic heterocycles. The smallest absolute Gasteiger partial charge is 0.415 e. The molecule has 2 bridgehead atoms. The van der Waals surface area contributed by atoms with E-state index in [2.05, 4.69) is 11.9 Å². The topological polar surface area (TPSA) is 63.0 Å². The Labute approximate surface area is 133 Å². The number of hydrogen-bond acceptors (Lipinski definition) is 5. The van der Waals surface area contributed by atoms with Crippen LogP contribution in [0.1, 0.15) is 12.8 Å². The molecule has 1 aromatic carbocycles. The molecular formula is C17H18N2O4. The summed E-state index contributed by atoms with van der Waals surface area (Å²) in [4.78, 5) is 27.8. The monoisotopic (exact) mass is 314 g/mol. The second-order valence-electron chi connectivity index (χ2n) is 6.28. The summed E-state index contributed by atoms with van der Waals surface area (Å²) in [6.07, 6.45) is 1.92. The van der Waals surface area contributed by atoms with Crippen molar-refractivity contribution in [1.82, 2.24) is 9.80 Å². The lowest BCUT2D eigenvalue weighted by atomic mass is 10.2. The number of amides is 1. The lowest BCUT2D eigenvalue weighted by molar-refractivity contribution is 0.0825. The summed E-state index contributed by atoms with van der Waals surface area (Å²) in [5, 5.41) is 0.794. The number of likely N-dealkylation sites (tertiary alicyclic amines) is 1. The zero-order valence-electron chi connectivity index (χ0n) is 12.9. The third-order valence-corrected chi connectivity index (χ3v) is 4.91. The van der Waals surface area contributed by atoms with Gasteiger partial charge in [-0.2, -0.15) is 0 Å². The van der Waals surface area contributed by atoms with Crippen molar-refractivity contribution in [1.29, 1.82) is 0 Å². The fraction of sp³-hybridized carbons (Fsp3) is 0.412. The van der Waals surface area contributed by atoms with E-state index in [1.165, 1.54) is 6.07 Å². The molecule has 2 saturated heterocycles. The second kappa shape index (κ2) is 5.38. The van der Waals surface area contributed by atoms with E-state index in [0.29, 0.717) is 36.5 Å². The Morgan fingerprint density at radius 1 is 1.17 bits per heavy atom. The van der Waals surface area contributed by atoms with Gasteiger partial charge in [0.2, 0.25) is 0 Å². The molecule has 2 aliphatic heterocycles. The molecule has 0 aliphatic carbocycles. The van der Waals surface area contributed by atoms with E-state index >= 15 is 0 Å². The van der Waals surface area contributed by atoms with E-state index in [4.69, 9.17) is 9.15 Å². The maximum atomic E-state index is 12.4. The molecule has 0 saturated carbocycles. The van der Waals surface area contributed by atoms with Gasteiger partial charge in [0.1, 0.15) is 11.3 Å². The van der Waals surface area contributed by atoms with Crippen LogP contribution in [0.15, 0.2) is 39.5 Å². The Hall–Kier alpha value is -2.34. The van der Waals surface area contributed by atoms with Gasteiger partial charge in [0.05, 0.1) is 0 Å². The van der Waals surface area contributed by atoms with Crippen molar-refractivity contribution in [3.05, 3.63) is 40.8 Å². The van der Waals surface area contributed by atoms with Crippen molar-refractivity contribution in [3.63, 3.8) is 0 Å². The molecule has 2 fully saturated rings. The van der Waals surface area contributed by atoms with Crippen molar-refractivity contribution >= 4 is 17.1 Å². The normalized spacial score (nSPS) is 24.1. The van der Waals surface area contributed by atoms with Crippen LogP contribution >= 0.6 is 0 Å². The van der Waals surface area contributed by atoms with E-state index in [0.717, 1.165) is 18.2 Å². The van der Waals surface area contributed by atoms with Gasteiger partial charge in [0.15, 0.2) is 0 Å². The molecule has 0 N–H and O–H groups in total. The third kappa shape index (κ3) is 2.59. The number of carbonyl (C=O) groups is 1. The zero-order chi connectivity index (χ0) is 16.0. The average Bonchev–Trinajstić information content (AvgIpc) is 2.75. The molecule has 2 unspecified atom stereocenters. The molecule has 0 spiro atoms. The highest BCUT2D eigenvalue weighted by molar-refractivity contribution is 5.79. The van der Waals surface area contributed by atoms with Crippen LogP contribution in [0.5, 0.6) is 5.75 Å². The summed E-state index contributed by atoms with van der Waals surface area (Å²) in [6, 6.07) is 8.98. The highest BCUT2D eigenvalue weighted by Gasteiger charge is 2.39. The number of hydrogen-bond donors (Lipinski definition) is 0. The average molecular weight is 314 g/mol. The van der Waals surface area contributed by atoms with Gasteiger partial charge >= 0.3 is 11.7 Å². The molecule has 23 heavy (non-hydrogen) atoms. The first-order valence-corrected chi connectivity index (χ1v) is 7.83. The Morgan fingerprint density at radius 2 is 1.87 bits per heavy atom. The second-order valence-corrected chi connectivity index (χ2v) is 6.28. The minimum atomic E-state index is -0.420. The summed E-state index contributed by atoms with van der Waals surface area (Å²) in [6.45, 7) is 1.41. The predicted molar refractivity (Wildman–Crippen MR) is 84.7 cm³/mol. The first-order chi connectivity index (χ1) is 11.1. The number of piperazine rings is 1. The fourth-order valence-corrected chi connectivity index (χ4v) is 3.53. The van der Waals surface area contributed by atoms with Crippen LogP contribution in [-0.2, 0) is 0 Å². The highest BCUT2D eigenvalue weighted by Crippen LogP contribution is 2.29. The van der Waals surface area contributed by atoms with Crippen LogP contribution in [0.3, 0.4) is 0 Å². The SMILES string of the molecule is CN1C2CCC1CN(C(=O)Oc1ccc3ccc(=O)oc3c1)C2. The number of nitrogens with zero attached hydrogens (tertiary/aromatic N) is 2. The lowest BCUT2D eigenvalue weighted by Crippen LogP contribution is -2.54. The number of benzene rings is 1. The number of rotatable bonds is 1. The van der Waals surface area contributed by atoms with Crippen molar-refractivity contribution in [2.45, 2.75) is 24.9 Å². The van der Waals surface area contributed by atoms with Crippen LogP contribution in [0, 0.1) is 0 Å². The molecule has 1 amide bonds. The van der Waals surface area contributed by atoms with E-state index in [9.17, 15) is 9.59 Å². The number of carbonyl (C=O) groups excluding carboxylic acids is 1. The molecule has 120 valence electrons. The molecule has 6 heteroatoms. The molecule has 6 nitrogen and oxygen atoms in total. The minimum Gasteiger partial charge on any atom is -0.423 e. The molecule has 2 aliphatic rings. The van der Waals surface area contributed by atoms with Crippen LogP contribution in [0.4, 0.5) is 4.79 Å². The zero-order valence-corrected chi connectivity index (χ0v) is 12.9. The highest BCUT2D eigenvalue weighted by atomic mass is 16.6. The van der Waals surface area contributed by atoms with Crippen molar-refractivity contribution in [3.8, 4) is 5.75 Å². The van der Waals surface area contributed by atoms with E-state index in [1.807, 2.05) is 0 Å². The Morgan fingerprint density at radius 3 is 2.61 bits per heavy atom. The molecule has 2 aromatic rings. The molecule has 2 atom stereocenters. The standard InChI is InChI=1S/C17H18N2O4/c1-18-12-4-5-13(18)10-19(9-12)17(21)22-14-6-2-11-3-7-16(20)23-15(11)8-14/h2-3,6-8,12-13H,4-5,9-10H2,1H3. The summed E-state index contributed by atoms with van der Waals surface area (Å²) < 4.78 is 10.6. The van der Waals surface area contributed by atoms with Gasteiger partial charge in [-0.25, -0.2) is 9.59 Å². The number of ether oxygens (including phenoxy) is 1. The molecule has 3 heterocycles. The van der Waals surface area contributed by atoms with Gasteiger partial charge in [0, 0.05) is 42.7 Å². The summed E-state index contributed by atoms with van der Waals surface area (Å²) in [5.41, 5.74) is -0.00198. The third-order valence-electron chi connectivity index (χ3n) is 4.91. The van der Waals surface area contributed by atoms with Crippen molar-refractivity contribution < 1.29 is 13.9 Å². The van der Waals surface area contributed by atoms with Crippen molar-refractivity contribution in [2.24, 2.45) is 0 Å². The van der Waals surface area contributed by atoms with E-state index in [1.54, 1.807) is 29.2 Å². The Bertz CT molecular complexity index is 802. The quantitative estimate of drug-likeness (QED) is 0.754. The molecule has 0 radical (unpaired) electrons. The Balaban J connectivity index is 1.51. The molecular weight excluding hydrogens is 296 g/mol. The lowest BCUT2D eigenvalue weighted by Gasteiger charge is -2.38. The first kappa shape index (κ1) is 14.3. The van der Waals surface area contributed by atoms with Gasteiger partial charge in [0.25, 0.3) is 0 Å². The van der Waals surface area contributed by atoms with Crippen LogP contribution in [0.2, 0.25) is 0 Å². The predicted octanol–water partition coefficient (Wildman–Crippen LogP) is 2.07. The van der Waals surface area contributed by atoms with Gasteiger partial charge in [-0.15, -0.1) is 0 Å². The summed E-state index contributed by atoms with van der Waals surface area (Å²) in [5.74, 6) is 0.392. The summed E-state index contributed by atoms with van der Waals surface area (Å²) >= 11 is 0. The van der Waals surface area contributed by atoms with Gasteiger partial charge < -0.3 is 14.1 Å². The van der Waals surface area contributed by atoms with Gasteiger partial charge in [-0.05, 0) is 38.1 Å². The first-order valence-electron chi connectivity index (χ1n) is 7.83. The summed E-state index contributed by atoms with van der Waals surface area (Å²) in [7, 11) is 2.12. The van der Waals surface area contributed by atoms with Crippen LogP contribution < -0.4 is 10.4 Å². The fourth-order valence-electron chi connectivity index (χ4n) is 3.53. The maximum Gasteiger partial charge on any atom is 0.415 e. The molecule has 4 rings (SSSR count). The van der Waals surface area contributed by atoms with Gasteiger partial charge in [-0.3, -0.25) is 4.90 Å². The largest absolute Gasteiger partial charge is 0.423 e. The van der Waals surface area contributed by atoms with Crippen LogP contribution in [0.25, 0.3) is 11.0 Å². The van der Waals surface area contributed by atoms with Crippen molar-refractivity contribution in [2.75, 3.05) is 20.1 Å². The Kier molecular flexibility index (Phi) is 3.34. The van der Waals surface area contributed by atoms with Gasteiger partial charge in [-0.1, -0.05) is 0 Å². The number of likely N-dealkylation sites (N-methyl/N-ethyl adjacent to an activating group) is 1.